The lowest BCUT2D eigenvalue weighted by atomic mass is 9.55. The highest BCUT2D eigenvalue weighted by atomic mass is 32.1. The summed E-state index contributed by atoms with van der Waals surface area (Å²) in [6, 6.07) is 5.97. The maximum absolute atomic E-state index is 9.79. The summed E-state index contributed by atoms with van der Waals surface area (Å²) >= 11 is 5.05. The molecule has 4 rings (SSSR count). The number of rotatable bonds is 1. The smallest absolute Gasteiger partial charge is 0.201 e. The standard InChI is InChI=1S/C19H26N4OS/c1-19-9-8-14-13-5-3-12(24)10-11(13)2-4-15(14)16(19)6-7-17(19)22-23-18(25)21-20/h3,5,10,14-16,24H,2,4,6-9,20H2,1H3,(H2,21,23,25)/t14-,15-,16+,19+/m1/s1. The number of hydrazone groups is 1. The second kappa shape index (κ2) is 6.25. The number of hydrogen-bond acceptors (Lipinski definition) is 4. The van der Waals surface area contributed by atoms with Crippen molar-refractivity contribution < 1.29 is 5.11 Å². The van der Waals surface area contributed by atoms with E-state index in [1.807, 2.05) is 12.1 Å². The Morgan fingerprint density at radius 2 is 2.16 bits per heavy atom. The molecule has 1 aromatic carbocycles. The first kappa shape index (κ1) is 16.8. The van der Waals surface area contributed by atoms with E-state index in [9.17, 15) is 5.11 Å². The topological polar surface area (TPSA) is 82.7 Å². The lowest BCUT2D eigenvalue weighted by molar-refractivity contribution is 0.0954. The monoisotopic (exact) mass is 358 g/mol. The van der Waals surface area contributed by atoms with Gasteiger partial charge in [0.15, 0.2) is 0 Å². The first-order chi connectivity index (χ1) is 12.0. The van der Waals surface area contributed by atoms with Gasteiger partial charge in [-0.2, -0.15) is 5.10 Å². The van der Waals surface area contributed by atoms with Crippen molar-refractivity contribution in [3.8, 4) is 5.75 Å². The van der Waals surface area contributed by atoms with Crippen LogP contribution in [0.15, 0.2) is 23.3 Å². The van der Waals surface area contributed by atoms with E-state index in [1.165, 1.54) is 36.1 Å². The Balaban J connectivity index is 1.60. The summed E-state index contributed by atoms with van der Waals surface area (Å²) in [5, 5.41) is 14.7. The molecule has 0 amide bonds. The highest BCUT2D eigenvalue weighted by molar-refractivity contribution is 7.80. The zero-order chi connectivity index (χ0) is 17.6. The molecule has 0 aromatic heterocycles. The molecular weight excluding hydrogens is 332 g/mol. The molecule has 5 N–H and O–H groups in total. The van der Waals surface area contributed by atoms with Gasteiger partial charge < -0.3 is 5.11 Å². The Morgan fingerprint density at radius 1 is 1.32 bits per heavy atom. The third kappa shape index (κ3) is 2.72. The Kier molecular flexibility index (Phi) is 4.20. The number of benzene rings is 1. The number of aromatic hydroxyl groups is 1. The molecule has 3 aliphatic carbocycles. The number of aryl methyl sites for hydroxylation is 1. The minimum atomic E-state index is 0.160. The molecule has 0 aliphatic heterocycles. The van der Waals surface area contributed by atoms with Crippen LogP contribution in [0.25, 0.3) is 0 Å². The number of phenolic OH excluding ortho intramolecular Hbond substituents is 1. The summed E-state index contributed by atoms with van der Waals surface area (Å²) in [4.78, 5) is 0. The third-order valence-corrected chi connectivity index (χ3v) is 7.08. The minimum absolute atomic E-state index is 0.160. The van der Waals surface area contributed by atoms with Gasteiger partial charge in [0.25, 0.3) is 0 Å². The summed E-state index contributed by atoms with van der Waals surface area (Å²) in [6.07, 6.45) is 6.87. The highest BCUT2D eigenvalue weighted by Gasteiger charge is 2.53. The predicted molar refractivity (Wildman–Crippen MR) is 103 cm³/mol. The van der Waals surface area contributed by atoms with Crippen LogP contribution in [-0.4, -0.2) is 15.9 Å². The van der Waals surface area contributed by atoms with Gasteiger partial charge in [0.1, 0.15) is 5.75 Å². The second-order valence-corrected chi connectivity index (χ2v) is 8.35. The van der Waals surface area contributed by atoms with Crippen molar-refractivity contribution in [1.82, 2.24) is 10.9 Å². The van der Waals surface area contributed by atoms with Crippen LogP contribution in [0.4, 0.5) is 0 Å². The normalized spacial score (nSPS) is 34.8. The number of phenols is 1. The van der Waals surface area contributed by atoms with Crippen LogP contribution in [0.1, 0.15) is 56.1 Å². The first-order valence-corrected chi connectivity index (χ1v) is 9.59. The molecule has 0 radical (unpaired) electrons. The van der Waals surface area contributed by atoms with Gasteiger partial charge in [0.2, 0.25) is 5.11 Å². The van der Waals surface area contributed by atoms with Gasteiger partial charge >= 0.3 is 0 Å². The highest BCUT2D eigenvalue weighted by Crippen LogP contribution is 2.59. The van der Waals surface area contributed by atoms with Crippen LogP contribution in [0.2, 0.25) is 0 Å². The first-order valence-electron chi connectivity index (χ1n) is 9.18. The fourth-order valence-electron chi connectivity index (χ4n) is 5.69. The van der Waals surface area contributed by atoms with Crippen molar-refractivity contribution in [1.29, 1.82) is 0 Å². The van der Waals surface area contributed by atoms with E-state index in [4.69, 9.17) is 18.1 Å². The SMILES string of the molecule is C[C@]12CC[C@@H]3c4ccc(O)cc4CC[C@H]3[C@@H]1CCC2=NNC(=S)NN. The van der Waals surface area contributed by atoms with Gasteiger partial charge in [0, 0.05) is 11.1 Å². The van der Waals surface area contributed by atoms with E-state index >= 15 is 0 Å². The molecule has 6 heteroatoms. The molecule has 0 saturated heterocycles. The van der Waals surface area contributed by atoms with Gasteiger partial charge in [0.05, 0.1) is 0 Å². The van der Waals surface area contributed by atoms with E-state index < -0.39 is 0 Å². The number of nitrogens with one attached hydrogen (secondary N) is 2. The Hall–Kier alpha value is -1.66. The molecule has 3 aliphatic rings. The molecule has 0 unspecified atom stereocenters. The predicted octanol–water partition coefficient (Wildman–Crippen LogP) is 2.94. The molecule has 5 nitrogen and oxygen atoms in total. The summed E-state index contributed by atoms with van der Waals surface area (Å²) in [6.45, 7) is 2.38. The Labute approximate surface area is 154 Å². The van der Waals surface area contributed by atoms with E-state index in [0.717, 1.165) is 19.3 Å². The fourth-order valence-corrected chi connectivity index (χ4v) is 5.74. The molecule has 2 saturated carbocycles. The number of nitrogens with zero attached hydrogens (tertiary/aromatic N) is 1. The van der Waals surface area contributed by atoms with Gasteiger partial charge in [-0.3, -0.25) is 10.9 Å². The maximum atomic E-state index is 9.79. The van der Waals surface area contributed by atoms with Crippen molar-refractivity contribution in [3.63, 3.8) is 0 Å². The van der Waals surface area contributed by atoms with Gasteiger partial charge in [-0.15, -0.1) is 0 Å². The number of hydrogen-bond donors (Lipinski definition) is 4. The van der Waals surface area contributed by atoms with Gasteiger partial charge in [-0.05, 0) is 91.8 Å². The zero-order valence-corrected chi connectivity index (χ0v) is 15.4. The van der Waals surface area contributed by atoms with Crippen LogP contribution in [0.5, 0.6) is 5.75 Å². The zero-order valence-electron chi connectivity index (χ0n) is 14.6. The van der Waals surface area contributed by atoms with Gasteiger partial charge in [-0.1, -0.05) is 13.0 Å². The molecule has 2 fully saturated rings. The molecule has 25 heavy (non-hydrogen) atoms. The largest absolute Gasteiger partial charge is 0.508 e. The van der Waals surface area contributed by atoms with E-state index in [1.54, 1.807) is 0 Å². The number of hydrazine groups is 1. The summed E-state index contributed by atoms with van der Waals surface area (Å²) < 4.78 is 0. The summed E-state index contributed by atoms with van der Waals surface area (Å²) in [7, 11) is 0. The lowest BCUT2D eigenvalue weighted by Gasteiger charge is -2.49. The Morgan fingerprint density at radius 3 is 2.96 bits per heavy atom. The molecule has 0 heterocycles. The summed E-state index contributed by atoms with van der Waals surface area (Å²) in [5.74, 6) is 7.73. The summed E-state index contributed by atoms with van der Waals surface area (Å²) in [5.41, 5.74) is 9.52. The Bertz CT molecular complexity index is 734. The molecule has 4 atom stereocenters. The lowest BCUT2D eigenvalue weighted by Crippen LogP contribution is -2.43. The van der Waals surface area contributed by atoms with E-state index in [-0.39, 0.29) is 5.41 Å². The van der Waals surface area contributed by atoms with Crippen molar-refractivity contribution in [2.24, 2.45) is 28.2 Å². The number of nitrogens with two attached hydrogens (primary N) is 1. The third-order valence-electron chi connectivity index (χ3n) is 6.87. The fraction of sp³-hybridized carbons (Fsp3) is 0.579. The molecule has 0 spiro atoms. The van der Waals surface area contributed by atoms with Crippen LogP contribution < -0.4 is 16.7 Å². The quantitative estimate of drug-likeness (QED) is 0.352. The average Bonchev–Trinajstić information content (AvgIpc) is 2.95. The number of fused-ring (bicyclic) bond motifs is 5. The molecule has 1 aromatic rings. The van der Waals surface area contributed by atoms with Crippen LogP contribution in [0.3, 0.4) is 0 Å². The van der Waals surface area contributed by atoms with Crippen molar-refractivity contribution >= 4 is 23.0 Å². The molecule has 0 bridgehead atoms. The maximum Gasteiger partial charge on any atom is 0.201 e. The van der Waals surface area contributed by atoms with Crippen molar-refractivity contribution in [2.45, 2.75) is 51.4 Å². The van der Waals surface area contributed by atoms with Crippen molar-refractivity contribution in [3.05, 3.63) is 29.3 Å². The van der Waals surface area contributed by atoms with E-state index in [0.29, 0.717) is 28.6 Å². The minimum Gasteiger partial charge on any atom is -0.508 e. The van der Waals surface area contributed by atoms with Crippen LogP contribution in [-0.2, 0) is 6.42 Å². The second-order valence-electron chi connectivity index (χ2n) is 7.94. The van der Waals surface area contributed by atoms with Gasteiger partial charge in [-0.25, -0.2) is 5.84 Å². The number of thiocarbonyl (C=S) groups is 1. The molecule has 134 valence electrons. The van der Waals surface area contributed by atoms with Crippen LogP contribution >= 0.6 is 12.2 Å². The van der Waals surface area contributed by atoms with E-state index in [2.05, 4.69) is 28.9 Å². The average molecular weight is 359 g/mol. The van der Waals surface area contributed by atoms with Crippen molar-refractivity contribution in [2.75, 3.05) is 0 Å². The van der Waals surface area contributed by atoms with Crippen LogP contribution in [0, 0.1) is 17.3 Å². The molecular formula is C19H26N4OS.